The van der Waals surface area contributed by atoms with Crippen LogP contribution in [0, 0.1) is 11.2 Å². The average Bonchev–Trinajstić information content (AvgIpc) is 3.08. The van der Waals surface area contributed by atoms with Crippen LogP contribution >= 0.6 is 0 Å². The SMILES string of the molecule is N=C(N)c1ccc(OCC2CCC3(CCCC3)O2)c(F)c1. The molecule has 0 aromatic heterocycles. The Morgan fingerprint density at radius 2 is 2.14 bits per heavy atom. The predicted molar refractivity (Wildman–Crippen MR) is 78.2 cm³/mol. The number of ether oxygens (including phenoxy) is 2. The standard InChI is InChI=1S/C16H21FN2O2/c17-13-9-11(15(18)19)3-4-14(13)20-10-12-5-8-16(21-12)6-1-2-7-16/h3-4,9,12H,1-2,5-8,10H2,(H3,18,19). The van der Waals surface area contributed by atoms with Gasteiger partial charge in [-0.3, -0.25) is 5.41 Å². The van der Waals surface area contributed by atoms with Crippen LogP contribution in [0.15, 0.2) is 18.2 Å². The fourth-order valence-corrected chi connectivity index (χ4v) is 3.37. The highest BCUT2D eigenvalue weighted by molar-refractivity contribution is 5.95. The molecule has 1 spiro atoms. The number of nitrogens with two attached hydrogens (primary N) is 1. The molecule has 2 fully saturated rings. The molecule has 2 aliphatic rings. The van der Waals surface area contributed by atoms with Crippen LogP contribution in [0.4, 0.5) is 4.39 Å². The minimum Gasteiger partial charge on any atom is -0.488 e. The molecule has 1 unspecified atom stereocenters. The summed E-state index contributed by atoms with van der Waals surface area (Å²) in [6.45, 7) is 0.373. The highest BCUT2D eigenvalue weighted by Crippen LogP contribution is 2.43. The molecule has 1 aromatic carbocycles. The van der Waals surface area contributed by atoms with Crippen molar-refractivity contribution < 1.29 is 13.9 Å². The maximum atomic E-state index is 13.9. The van der Waals surface area contributed by atoms with Gasteiger partial charge in [-0.25, -0.2) is 4.39 Å². The maximum absolute atomic E-state index is 13.9. The van der Waals surface area contributed by atoms with Gasteiger partial charge in [0.2, 0.25) is 0 Å². The second kappa shape index (κ2) is 5.64. The summed E-state index contributed by atoms with van der Waals surface area (Å²) in [5.74, 6) is -0.449. The normalized spacial score (nSPS) is 23.6. The molecule has 1 aliphatic heterocycles. The molecule has 1 saturated carbocycles. The molecule has 21 heavy (non-hydrogen) atoms. The van der Waals surface area contributed by atoms with Gasteiger partial charge < -0.3 is 15.2 Å². The quantitative estimate of drug-likeness (QED) is 0.662. The van der Waals surface area contributed by atoms with Gasteiger partial charge in [0.1, 0.15) is 12.4 Å². The summed E-state index contributed by atoms with van der Waals surface area (Å²) < 4.78 is 25.5. The maximum Gasteiger partial charge on any atom is 0.165 e. The summed E-state index contributed by atoms with van der Waals surface area (Å²) in [6, 6.07) is 4.34. The molecule has 4 nitrogen and oxygen atoms in total. The number of hydrogen-bond acceptors (Lipinski definition) is 3. The Morgan fingerprint density at radius 1 is 1.38 bits per heavy atom. The number of rotatable bonds is 4. The van der Waals surface area contributed by atoms with Gasteiger partial charge in [0, 0.05) is 5.56 Å². The molecular formula is C16H21FN2O2. The van der Waals surface area contributed by atoms with Crippen LogP contribution in [0.25, 0.3) is 0 Å². The van der Waals surface area contributed by atoms with Gasteiger partial charge in [-0.05, 0) is 43.9 Å². The Balaban J connectivity index is 1.57. The zero-order valence-electron chi connectivity index (χ0n) is 12.0. The number of hydrogen-bond donors (Lipinski definition) is 2. The third-order valence-corrected chi connectivity index (χ3v) is 4.52. The molecule has 1 saturated heterocycles. The van der Waals surface area contributed by atoms with E-state index in [0.29, 0.717) is 12.2 Å². The van der Waals surface area contributed by atoms with Gasteiger partial charge in [-0.2, -0.15) is 0 Å². The molecule has 114 valence electrons. The lowest BCUT2D eigenvalue weighted by Gasteiger charge is -2.23. The monoisotopic (exact) mass is 292 g/mol. The fourth-order valence-electron chi connectivity index (χ4n) is 3.37. The first kappa shape index (κ1) is 14.3. The topological polar surface area (TPSA) is 68.3 Å². The average molecular weight is 292 g/mol. The van der Waals surface area contributed by atoms with Crippen molar-refractivity contribution in [3.63, 3.8) is 0 Å². The third-order valence-electron chi connectivity index (χ3n) is 4.52. The van der Waals surface area contributed by atoms with Crippen molar-refractivity contribution >= 4 is 5.84 Å². The first-order chi connectivity index (χ1) is 10.1. The first-order valence-electron chi connectivity index (χ1n) is 7.53. The third kappa shape index (κ3) is 3.02. The van der Waals surface area contributed by atoms with E-state index >= 15 is 0 Å². The van der Waals surface area contributed by atoms with E-state index in [1.54, 1.807) is 6.07 Å². The van der Waals surface area contributed by atoms with Crippen LogP contribution in [0.5, 0.6) is 5.75 Å². The van der Waals surface area contributed by atoms with Crippen molar-refractivity contribution in [3.05, 3.63) is 29.6 Å². The molecule has 0 bridgehead atoms. The Hall–Kier alpha value is -1.62. The summed E-state index contributed by atoms with van der Waals surface area (Å²) in [4.78, 5) is 0. The predicted octanol–water partition coefficient (Wildman–Crippen LogP) is 2.98. The van der Waals surface area contributed by atoms with E-state index in [4.69, 9.17) is 20.6 Å². The Kier molecular flexibility index (Phi) is 3.85. The van der Waals surface area contributed by atoms with Crippen molar-refractivity contribution in [2.45, 2.75) is 50.2 Å². The zero-order valence-corrected chi connectivity index (χ0v) is 12.0. The molecule has 1 aromatic rings. The first-order valence-corrected chi connectivity index (χ1v) is 7.53. The van der Waals surface area contributed by atoms with Crippen LogP contribution in [-0.4, -0.2) is 24.1 Å². The van der Waals surface area contributed by atoms with Crippen molar-refractivity contribution in [3.8, 4) is 5.75 Å². The molecule has 0 radical (unpaired) electrons. The molecule has 0 amide bonds. The van der Waals surface area contributed by atoms with Gasteiger partial charge in [-0.1, -0.05) is 12.8 Å². The summed E-state index contributed by atoms with van der Waals surface area (Å²) in [5.41, 5.74) is 5.77. The number of amidine groups is 1. The van der Waals surface area contributed by atoms with E-state index in [1.165, 1.54) is 25.0 Å². The van der Waals surface area contributed by atoms with Gasteiger partial charge in [0.15, 0.2) is 11.6 Å². The highest BCUT2D eigenvalue weighted by atomic mass is 19.1. The van der Waals surface area contributed by atoms with Crippen molar-refractivity contribution in [2.75, 3.05) is 6.61 Å². The Bertz CT molecular complexity index is 541. The fraction of sp³-hybridized carbons (Fsp3) is 0.562. The molecule has 3 rings (SSSR count). The van der Waals surface area contributed by atoms with Crippen LogP contribution in [0.2, 0.25) is 0 Å². The minimum absolute atomic E-state index is 0.0509. The number of nitrogens with one attached hydrogen (secondary N) is 1. The van der Waals surface area contributed by atoms with E-state index in [9.17, 15) is 4.39 Å². The Labute approximate surface area is 123 Å². The summed E-state index contributed by atoms with van der Waals surface area (Å²) >= 11 is 0. The van der Waals surface area contributed by atoms with Crippen molar-refractivity contribution in [1.29, 1.82) is 5.41 Å². The summed E-state index contributed by atoms with van der Waals surface area (Å²) in [7, 11) is 0. The lowest BCUT2D eigenvalue weighted by Crippen LogP contribution is -2.27. The second-order valence-corrected chi connectivity index (χ2v) is 6.04. The smallest absolute Gasteiger partial charge is 0.165 e. The van der Waals surface area contributed by atoms with Crippen molar-refractivity contribution in [2.24, 2.45) is 5.73 Å². The lowest BCUT2D eigenvalue weighted by atomic mass is 9.98. The molecule has 1 atom stereocenters. The summed E-state index contributed by atoms with van der Waals surface area (Å²) in [6.07, 6.45) is 6.90. The van der Waals surface area contributed by atoms with Crippen LogP contribution in [0.3, 0.4) is 0 Å². The number of nitrogen functional groups attached to an aromatic ring is 1. The van der Waals surface area contributed by atoms with E-state index < -0.39 is 5.82 Å². The van der Waals surface area contributed by atoms with Gasteiger partial charge in [-0.15, -0.1) is 0 Å². The van der Waals surface area contributed by atoms with Crippen LogP contribution in [0.1, 0.15) is 44.1 Å². The highest BCUT2D eigenvalue weighted by Gasteiger charge is 2.42. The van der Waals surface area contributed by atoms with E-state index in [-0.39, 0.29) is 23.3 Å². The summed E-state index contributed by atoms with van der Waals surface area (Å²) in [5, 5.41) is 7.28. The Morgan fingerprint density at radius 3 is 2.81 bits per heavy atom. The van der Waals surface area contributed by atoms with Gasteiger partial charge >= 0.3 is 0 Å². The lowest BCUT2D eigenvalue weighted by molar-refractivity contribution is -0.0512. The van der Waals surface area contributed by atoms with Crippen LogP contribution in [-0.2, 0) is 4.74 Å². The number of benzene rings is 1. The van der Waals surface area contributed by atoms with Gasteiger partial charge in [0.05, 0.1) is 11.7 Å². The van der Waals surface area contributed by atoms with Crippen LogP contribution < -0.4 is 10.5 Å². The molecular weight excluding hydrogens is 271 g/mol. The van der Waals surface area contributed by atoms with Crippen molar-refractivity contribution in [1.82, 2.24) is 0 Å². The molecule has 3 N–H and O–H groups in total. The molecule has 1 aliphatic carbocycles. The zero-order chi connectivity index (χ0) is 14.9. The van der Waals surface area contributed by atoms with E-state index in [1.807, 2.05) is 0 Å². The van der Waals surface area contributed by atoms with E-state index in [2.05, 4.69) is 0 Å². The van der Waals surface area contributed by atoms with E-state index in [0.717, 1.165) is 25.7 Å². The second-order valence-electron chi connectivity index (χ2n) is 6.04. The molecule has 1 heterocycles. The minimum atomic E-state index is -0.490. The number of halogens is 1. The largest absolute Gasteiger partial charge is 0.488 e. The van der Waals surface area contributed by atoms with Gasteiger partial charge in [0.25, 0.3) is 0 Å². The molecule has 5 heteroatoms.